The minimum atomic E-state index is -0.771. The number of primary amides is 1. The number of nitrogens with zero attached hydrogens (tertiary/aromatic N) is 3. The quantitative estimate of drug-likeness (QED) is 0.318. The second-order valence-corrected chi connectivity index (χ2v) is 5.47. The molecule has 1 heterocycles. The van der Waals surface area contributed by atoms with Gasteiger partial charge >= 0.3 is 0 Å². The Morgan fingerprint density at radius 1 is 1.31 bits per heavy atom. The van der Waals surface area contributed by atoms with Gasteiger partial charge in [0.05, 0.1) is 6.04 Å². The topological polar surface area (TPSA) is 156 Å². The summed E-state index contributed by atoms with van der Waals surface area (Å²) in [6.07, 6.45) is 1.83. The van der Waals surface area contributed by atoms with Gasteiger partial charge in [-0.25, -0.2) is 10.8 Å². The molecule has 0 unspecified atom stereocenters. The molecule has 10 nitrogen and oxygen atoms in total. The molecule has 1 aromatic heterocycles. The number of rotatable bonds is 7. The molecule has 1 aromatic carbocycles. The fourth-order valence-electron chi connectivity index (χ4n) is 2.07. The maximum atomic E-state index is 11.6. The number of nitrogens with two attached hydrogens (primary N) is 2. The van der Waals surface area contributed by atoms with Gasteiger partial charge < -0.3 is 21.2 Å². The van der Waals surface area contributed by atoms with Crippen LogP contribution in [0.4, 0.5) is 23.1 Å². The predicted molar refractivity (Wildman–Crippen MR) is 96.8 cm³/mol. The lowest BCUT2D eigenvalue weighted by molar-refractivity contribution is -0.114. The monoisotopic (exact) mass is 357 g/mol. The van der Waals surface area contributed by atoms with Crippen molar-refractivity contribution in [2.24, 2.45) is 11.6 Å². The Hall–Kier alpha value is -3.53. The molecule has 0 saturated heterocycles. The molecule has 2 aromatic rings. The smallest absolute Gasteiger partial charge is 0.254 e. The van der Waals surface area contributed by atoms with E-state index in [2.05, 4.69) is 20.6 Å². The van der Waals surface area contributed by atoms with Crippen molar-refractivity contribution in [3.05, 3.63) is 36.0 Å². The first-order valence-corrected chi connectivity index (χ1v) is 7.62. The summed E-state index contributed by atoms with van der Waals surface area (Å²) >= 11 is 0. The maximum Gasteiger partial charge on any atom is 0.254 e. The number of nitrogens with one attached hydrogen (secondary N) is 2. The fourth-order valence-corrected chi connectivity index (χ4v) is 2.07. The van der Waals surface area contributed by atoms with Crippen LogP contribution in [0.25, 0.3) is 0 Å². The van der Waals surface area contributed by atoms with Gasteiger partial charge in [-0.15, -0.1) is 0 Å². The fraction of sp³-hybridized carbons (Fsp3) is 0.188. The number of aldehydes is 1. The van der Waals surface area contributed by atoms with Crippen LogP contribution in [-0.2, 0) is 9.59 Å². The van der Waals surface area contributed by atoms with Gasteiger partial charge in [0.25, 0.3) is 5.91 Å². The zero-order valence-electron chi connectivity index (χ0n) is 14.3. The van der Waals surface area contributed by atoms with Gasteiger partial charge in [0, 0.05) is 24.5 Å². The van der Waals surface area contributed by atoms with Gasteiger partial charge in [-0.2, -0.15) is 4.98 Å². The van der Waals surface area contributed by atoms with Gasteiger partial charge in [-0.3, -0.25) is 14.6 Å². The third-order valence-corrected chi connectivity index (χ3v) is 3.35. The summed E-state index contributed by atoms with van der Waals surface area (Å²) in [7, 11) is 0. The maximum absolute atomic E-state index is 11.6. The SMILES string of the molecule is CC(=O)Nc1cccc(Nc2ncc(C(N)=O)c(N(N)[C@H](C)C=O)n2)c1. The lowest BCUT2D eigenvalue weighted by Crippen LogP contribution is -2.42. The highest BCUT2D eigenvalue weighted by Crippen LogP contribution is 2.22. The third-order valence-electron chi connectivity index (χ3n) is 3.35. The molecule has 0 fully saturated rings. The van der Waals surface area contributed by atoms with Crippen molar-refractivity contribution in [2.75, 3.05) is 15.6 Å². The van der Waals surface area contributed by atoms with Crippen molar-refractivity contribution >= 4 is 41.2 Å². The van der Waals surface area contributed by atoms with Crippen molar-refractivity contribution < 1.29 is 14.4 Å². The normalized spacial score (nSPS) is 11.3. The van der Waals surface area contributed by atoms with Crippen molar-refractivity contribution in [3.8, 4) is 0 Å². The molecule has 26 heavy (non-hydrogen) atoms. The van der Waals surface area contributed by atoms with E-state index in [4.69, 9.17) is 11.6 Å². The van der Waals surface area contributed by atoms with E-state index in [1.165, 1.54) is 13.1 Å². The average molecular weight is 357 g/mol. The Bertz CT molecular complexity index is 840. The van der Waals surface area contributed by atoms with Crippen LogP contribution in [0.1, 0.15) is 24.2 Å². The highest BCUT2D eigenvalue weighted by molar-refractivity contribution is 5.98. The molecule has 0 aliphatic carbocycles. The van der Waals surface area contributed by atoms with Gasteiger partial charge in [-0.05, 0) is 25.1 Å². The van der Waals surface area contributed by atoms with E-state index in [1.807, 2.05) is 0 Å². The van der Waals surface area contributed by atoms with Crippen molar-refractivity contribution in [1.82, 2.24) is 9.97 Å². The zero-order chi connectivity index (χ0) is 19.3. The first-order valence-electron chi connectivity index (χ1n) is 7.62. The van der Waals surface area contributed by atoms with E-state index in [0.717, 1.165) is 5.01 Å². The van der Waals surface area contributed by atoms with Crippen LogP contribution in [-0.4, -0.2) is 34.1 Å². The summed E-state index contributed by atoms with van der Waals surface area (Å²) in [4.78, 5) is 41.9. The number of carbonyl (C=O) groups excluding carboxylic acids is 3. The second kappa shape index (κ2) is 8.03. The van der Waals surface area contributed by atoms with Crippen molar-refractivity contribution in [1.29, 1.82) is 0 Å². The van der Waals surface area contributed by atoms with Crippen LogP contribution < -0.4 is 27.2 Å². The third kappa shape index (κ3) is 4.51. The van der Waals surface area contributed by atoms with Gasteiger partial charge in [0.2, 0.25) is 11.9 Å². The molecule has 0 saturated carbocycles. The zero-order valence-corrected chi connectivity index (χ0v) is 14.3. The first kappa shape index (κ1) is 18.8. The first-order chi connectivity index (χ1) is 12.3. The molecule has 0 bridgehead atoms. The Kier molecular flexibility index (Phi) is 5.81. The lowest BCUT2D eigenvalue weighted by Gasteiger charge is -2.22. The Labute approximate surface area is 149 Å². The summed E-state index contributed by atoms with van der Waals surface area (Å²) in [5, 5.41) is 6.63. The Balaban J connectivity index is 2.34. The largest absolute Gasteiger partial charge is 0.365 e. The second-order valence-electron chi connectivity index (χ2n) is 5.47. The van der Waals surface area contributed by atoms with Crippen LogP contribution in [0.15, 0.2) is 30.5 Å². The molecule has 0 radical (unpaired) electrons. The summed E-state index contributed by atoms with van der Waals surface area (Å²) in [6, 6.07) is 6.16. The van der Waals surface area contributed by atoms with E-state index in [1.54, 1.807) is 31.2 Å². The van der Waals surface area contributed by atoms with Gasteiger partial charge in [0.1, 0.15) is 11.8 Å². The number of aromatic nitrogens is 2. The molecule has 0 aliphatic rings. The standard InChI is InChI=1S/C16H19N7O3/c1-9(8-24)23(18)15-13(14(17)26)7-19-16(22-15)21-12-5-3-4-11(6-12)20-10(2)25/h3-9H,18H2,1-2H3,(H2,17,26)(H,20,25)(H,19,21,22)/t9-/m1/s1. The number of carbonyl (C=O) groups is 3. The van der Waals surface area contributed by atoms with Crippen LogP contribution in [0.5, 0.6) is 0 Å². The molecular formula is C16H19N7O3. The number of hydrogen-bond donors (Lipinski definition) is 4. The summed E-state index contributed by atoms with van der Waals surface area (Å²) in [6.45, 7) is 2.95. The number of benzene rings is 1. The molecule has 0 spiro atoms. The van der Waals surface area contributed by atoms with Crippen LogP contribution in [0, 0.1) is 0 Å². The summed E-state index contributed by atoms with van der Waals surface area (Å²) in [5.74, 6) is 5.04. The Morgan fingerprint density at radius 2 is 2.00 bits per heavy atom. The van der Waals surface area contributed by atoms with E-state index in [9.17, 15) is 14.4 Å². The number of anilines is 4. The highest BCUT2D eigenvalue weighted by atomic mass is 16.1. The molecular weight excluding hydrogens is 338 g/mol. The lowest BCUT2D eigenvalue weighted by atomic mass is 10.2. The number of hydrazine groups is 1. The minimum Gasteiger partial charge on any atom is -0.365 e. The molecule has 10 heteroatoms. The van der Waals surface area contributed by atoms with Gasteiger partial charge in [0.15, 0.2) is 5.82 Å². The van der Waals surface area contributed by atoms with Crippen LogP contribution in [0.3, 0.4) is 0 Å². The number of hydrogen-bond acceptors (Lipinski definition) is 8. The van der Waals surface area contributed by atoms with Crippen LogP contribution >= 0.6 is 0 Å². The number of amides is 2. The minimum absolute atomic E-state index is 0.0150. The molecule has 0 aliphatic heterocycles. The van der Waals surface area contributed by atoms with Crippen molar-refractivity contribution in [2.45, 2.75) is 19.9 Å². The van der Waals surface area contributed by atoms with Crippen molar-refractivity contribution in [3.63, 3.8) is 0 Å². The van der Waals surface area contributed by atoms with E-state index >= 15 is 0 Å². The molecule has 1 atom stereocenters. The molecule has 6 N–H and O–H groups in total. The van der Waals surface area contributed by atoms with Gasteiger partial charge in [-0.1, -0.05) is 6.07 Å². The summed E-state index contributed by atoms with van der Waals surface area (Å²) in [5.41, 5.74) is 6.49. The molecule has 2 amide bonds. The average Bonchev–Trinajstić information content (AvgIpc) is 2.59. The van der Waals surface area contributed by atoms with E-state index in [0.29, 0.717) is 17.7 Å². The van der Waals surface area contributed by atoms with Crippen LogP contribution in [0.2, 0.25) is 0 Å². The van der Waals surface area contributed by atoms with E-state index in [-0.39, 0.29) is 23.2 Å². The Morgan fingerprint density at radius 3 is 2.62 bits per heavy atom. The van der Waals surface area contributed by atoms with E-state index < -0.39 is 11.9 Å². The summed E-state index contributed by atoms with van der Waals surface area (Å²) < 4.78 is 0. The highest BCUT2D eigenvalue weighted by Gasteiger charge is 2.20. The predicted octanol–water partition coefficient (Wildman–Crippen LogP) is 0.545. The molecule has 2 rings (SSSR count). The molecule has 136 valence electrons.